The summed E-state index contributed by atoms with van der Waals surface area (Å²) in [6, 6.07) is 16.1. The maximum absolute atomic E-state index is 14.4. The lowest BCUT2D eigenvalue weighted by atomic mass is 9.93. The van der Waals surface area contributed by atoms with Crippen molar-refractivity contribution in [2.75, 3.05) is 0 Å². The van der Waals surface area contributed by atoms with E-state index in [0.717, 1.165) is 72.3 Å². The van der Waals surface area contributed by atoms with Gasteiger partial charge in [0.2, 0.25) is 0 Å². The monoisotopic (exact) mass is 513 g/mol. The van der Waals surface area contributed by atoms with Crippen LogP contribution in [0.5, 0.6) is 0 Å². The minimum absolute atomic E-state index is 0.00467. The van der Waals surface area contributed by atoms with Crippen LogP contribution in [0.2, 0.25) is 5.02 Å². The smallest absolute Gasteiger partial charge is 0.266 e. The molecule has 4 aromatic rings. The molecule has 5 rings (SSSR count). The average Bonchev–Trinajstić information content (AvgIpc) is 3.23. The molecule has 1 aromatic heterocycles. The zero-order valence-corrected chi connectivity index (χ0v) is 20.4. The van der Waals surface area contributed by atoms with Crippen molar-refractivity contribution in [3.63, 3.8) is 0 Å². The third-order valence-electron chi connectivity index (χ3n) is 6.59. The Hall–Kier alpha value is -2.83. The summed E-state index contributed by atoms with van der Waals surface area (Å²) in [5.74, 6) is -1.88. The van der Waals surface area contributed by atoms with Gasteiger partial charge in [-0.1, -0.05) is 61.2 Å². The molecule has 0 unspecified atom stereocenters. The molecule has 1 aliphatic carbocycles. The van der Waals surface area contributed by atoms with E-state index in [9.17, 15) is 18.0 Å². The summed E-state index contributed by atoms with van der Waals surface area (Å²) in [5, 5.41) is -0.0852. The molecule has 7 heteroatoms. The van der Waals surface area contributed by atoms with Gasteiger partial charge in [-0.25, -0.2) is 13.2 Å². The number of fused-ring (bicyclic) bond motifs is 1. The van der Waals surface area contributed by atoms with Crippen molar-refractivity contribution >= 4 is 38.9 Å². The van der Waals surface area contributed by atoms with Gasteiger partial charge in [-0.15, -0.1) is 11.3 Å². The third kappa shape index (κ3) is 4.82. The lowest BCUT2D eigenvalue weighted by molar-refractivity contribution is 0.0619. The minimum atomic E-state index is -0.645. The molecular weight excluding hydrogens is 491 g/mol. The number of nitrogens with zero attached hydrogens (tertiary/aromatic N) is 1. The van der Waals surface area contributed by atoms with Crippen LogP contribution in [-0.4, -0.2) is 16.8 Å². The van der Waals surface area contributed by atoms with Crippen molar-refractivity contribution < 1.29 is 18.0 Å². The fourth-order valence-corrected chi connectivity index (χ4v) is 6.34. The number of hydrogen-bond donors (Lipinski definition) is 0. The first kappa shape index (κ1) is 23.9. The predicted octanol–water partition coefficient (Wildman–Crippen LogP) is 8.61. The van der Waals surface area contributed by atoms with E-state index >= 15 is 0 Å². The van der Waals surface area contributed by atoms with Crippen molar-refractivity contribution in [2.45, 2.75) is 44.7 Å². The number of rotatable bonds is 5. The number of carbonyl (C=O) groups excluding carboxylic acids is 1. The van der Waals surface area contributed by atoms with Crippen LogP contribution in [0.3, 0.4) is 0 Å². The summed E-state index contributed by atoms with van der Waals surface area (Å²) < 4.78 is 42.7. The third-order valence-corrected chi connectivity index (χ3v) is 8.27. The average molecular weight is 514 g/mol. The summed E-state index contributed by atoms with van der Waals surface area (Å²) in [6.07, 6.45) is 4.87. The van der Waals surface area contributed by atoms with Gasteiger partial charge < -0.3 is 4.90 Å². The normalized spacial score (nSPS) is 14.4. The molecule has 35 heavy (non-hydrogen) atoms. The first-order valence-electron chi connectivity index (χ1n) is 11.6. The lowest BCUT2D eigenvalue weighted by Gasteiger charge is -2.34. The Labute approximate surface area is 211 Å². The largest absolute Gasteiger partial charge is 0.331 e. The van der Waals surface area contributed by atoms with Crippen molar-refractivity contribution in [3.8, 4) is 11.1 Å². The van der Waals surface area contributed by atoms with Crippen LogP contribution in [-0.2, 0) is 6.54 Å². The van der Waals surface area contributed by atoms with Crippen LogP contribution in [0.1, 0.15) is 47.3 Å². The first-order valence-corrected chi connectivity index (χ1v) is 12.8. The zero-order valence-electron chi connectivity index (χ0n) is 18.9. The second-order valence-electron chi connectivity index (χ2n) is 8.91. The summed E-state index contributed by atoms with van der Waals surface area (Å²) in [6.45, 7) is 0.322. The van der Waals surface area contributed by atoms with Gasteiger partial charge in [0.1, 0.15) is 22.3 Å². The molecule has 0 radical (unpaired) electrons. The zero-order chi connectivity index (χ0) is 24.5. The molecule has 1 heterocycles. The molecule has 0 aliphatic heterocycles. The van der Waals surface area contributed by atoms with E-state index in [0.29, 0.717) is 6.54 Å². The number of thiophene rings is 1. The van der Waals surface area contributed by atoms with Gasteiger partial charge in [-0.2, -0.15) is 0 Å². The minimum Gasteiger partial charge on any atom is -0.331 e. The van der Waals surface area contributed by atoms with Crippen molar-refractivity contribution in [1.82, 2.24) is 4.90 Å². The fraction of sp³-hybridized carbons (Fsp3) is 0.250. The Bertz CT molecular complexity index is 1400. The van der Waals surface area contributed by atoms with Crippen LogP contribution in [0.25, 0.3) is 21.2 Å². The van der Waals surface area contributed by atoms with Gasteiger partial charge in [0.05, 0.1) is 15.1 Å². The predicted molar refractivity (Wildman–Crippen MR) is 135 cm³/mol. The fourth-order valence-electron chi connectivity index (χ4n) is 4.84. The van der Waals surface area contributed by atoms with Gasteiger partial charge in [-0.3, -0.25) is 4.79 Å². The van der Waals surface area contributed by atoms with Crippen LogP contribution < -0.4 is 0 Å². The molecule has 0 bridgehead atoms. The Morgan fingerprint density at radius 1 is 0.914 bits per heavy atom. The molecule has 3 aromatic carbocycles. The molecule has 0 saturated heterocycles. The Kier molecular flexibility index (Phi) is 6.85. The number of halogens is 4. The van der Waals surface area contributed by atoms with Gasteiger partial charge in [0, 0.05) is 12.6 Å². The topological polar surface area (TPSA) is 20.3 Å². The maximum atomic E-state index is 14.4. The van der Waals surface area contributed by atoms with Gasteiger partial charge in [-0.05, 0) is 59.9 Å². The second kappa shape index (κ2) is 10.0. The van der Waals surface area contributed by atoms with Gasteiger partial charge in [0.15, 0.2) is 0 Å². The van der Waals surface area contributed by atoms with Crippen LogP contribution in [0, 0.1) is 17.5 Å². The van der Waals surface area contributed by atoms with E-state index in [-0.39, 0.29) is 37.8 Å². The molecule has 0 atom stereocenters. The Morgan fingerprint density at radius 2 is 1.60 bits per heavy atom. The maximum Gasteiger partial charge on any atom is 0.266 e. The SMILES string of the molecule is O=C(c1sc2c(F)ccc(F)c2c1Cl)N(Cc1cccc(-c2cccc(F)c2)c1)C1CCCCC1. The molecule has 1 fully saturated rings. The Morgan fingerprint density at radius 3 is 2.31 bits per heavy atom. The number of amides is 1. The molecule has 180 valence electrons. The van der Waals surface area contributed by atoms with E-state index in [1.54, 1.807) is 11.0 Å². The van der Waals surface area contributed by atoms with E-state index in [1.165, 1.54) is 12.1 Å². The molecule has 2 nitrogen and oxygen atoms in total. The highest BCUT2D eigenvalue weighted by Crippen LogP contribution is 2.40. The molecule has 0 spiro atoms. The van der Waals surface area contributed by atoms with Crippen LogP contribution in [0.15, 0.2) is 60.7 Å². The Balaban J connectivity index is 1.52. The highest BCUT2D eigenvalue weighted by atomic mass is 35.5. The van der Waals surface area contributed by atoms with Crippen molar-refractivity contribution in [3.05, 3.63) is 93.6 Å². The molecule has 1 amide bonds. The molecule has 1 aliphatic rings. The van der Waals surface area contributed by atoms with E-state index in [1.807, 2.05) is 30.3 Å². The number of carbonyl (C=O) groups is 1. The van der Waals surface area contributed by atoms with Gasteiger partial charge in [0.25, 0.3) is 5.91 Å². The van der Waals surface area contributed by atoms with Crippen LogP contribution >= 0.6 is 22.9 Å². The van der Waals surface area contributed by atoms with E-state index in [2.05, 4.69) is 0 Å². The quantitative estimate of drug-likeness (QED) is 0.261. The highest BCUT2D eigenvalue weighted by Gasteiger charge is 2.31. The number of benzene rings is 3. The molecule has 0 N–H and O–H groups in total. The second-order valence-corrected chi connectivity index (χ2v) is 10.3. The van der Waals surface area contributed by atoms with E-state index < -0.39 is 11.6 Å². The van der Waals surface area contributed by atoms with Gasteiger partial charge >= 0.3 is 0 Å². The van der Waals surface area contributed by atoms with Crippen molar-refractivity contribution in [1.29, 1.82) is 0 Å². The number of hydrogen-bond acceptors (Lipinski definition) is 2. The summed E-state index contributed by atoms with van der Waals surface area (Å²) in [7, 11) is 0. The summed E-state index contributed by atoms with van der Waals surface area (Å²) in [4.78, 5) is 15.8. The summed E-state index contributed by atoms with van der Waals surface area (Å²) >= 11 is 7.35. The van der Waals surface area contributed by atoms with E-state index in [4.69, 9.17) is 11.6 Å². The van der Waals surface area contributed by atoms with Crippen molar-refractivity contribution in [2.24, 2.45) is 0 Å². The summed E-state index contributed by atoms with van der Waals surface area (Å²) in [5.41, 5.74) is 2.49. The molecular formula is C28H23ClF3NOS. The first-order chi connectivity index (χ1) is 16.9. The molecule has 1 saturated carbocycles. The highest BCUT2D eigenvalue weighted by molar-refractivity contribution is 7.21. The lowest BCUT2D eigenvalue weighted by Crippen LogP contribution is -2.40. The standard InChI is InChI=1S/C28H23ClF3NOS/c29-25-24-22(31)12-13-23(32)26(24)35-27(25)28(34)33(21-10-2-1-3-11-21)16-17-6-4-7-18(14-17)19-8-5-9-20(30)15-19/h4-9,12-15,21H,1-3,10-11,16H2. The van der Waals surface area contributed by atoms with Crippen LogP contribution in [0.4, 0.5) is 13.2 Å².